The Morgan fingerprint density at radius 2 is 2.44 bits per heavy atom. The topological polar surface area (TPSA) is 34.4 Å². The maximum atomic E-state index is 11.6. The van der Waals surface area contributed by atoms with Crippen molar-refractivity contribution in [3.63, 3.8) is 0 Å². The minimum absolute atomic E-state index is 0.254. The highest BCUT2D eigenvalue weighted by Gasteiger charge is 2.09. The second kappa shape index (κ2) is 5.01. The Hall–Kier alpha value is -0.810. The molecule has 0 aromatic carbocycles. The fourth-order valence-corrected chi connectivity index (χ4v) is 2.71. The first-order valence-electron chi connectivity index (χ1n) is 5.19. The van der Waals surface area contributed by atoms with Crippen molar-refractivity contribution in [2.75, 3.05) is 5.75 Å². The number of thiazole rings is 1. The highest BCUT2D eigenvalue weighted by atomic mass is 32.2. The van der Waals surface area contributed by atoms with E-state index in [1.165, 1.54) is 0 Å². The molecule has 0 aliphatic heterocycles. The predicted octanol–water partition coefficient (Wildman–Crippen LogP) is 2.65. The van der Waals surface area contributed by atoms with E-state index in [0.717, 1.165) is 10.7 Å². The van der Waals surface area contributed by atoms with Crippen molar-refractivity contribution in [3.8, 4) is 0 Å². The lowest BCUT2D eigenvalue weighted by molar-refractivity contribution is -0.116. The van der Waals surface area contributed by atoms with Crippen molar-refractivity contribution < 1.29 is 4.79 Å². The predicted molar refractivity (Wildman–Crippen MR) is 69.4 cm³/mol. The number of hydrogen-bond donors (Lipinski definition) is 0. The van der Waals surface area contributed by atoms with E-state index in [2.05, 4.69) is 18.8 Å². The van der Waals surface area contributed by atoms with Crippen LogP contribution in [0.3, 0.4) is 0 Å². The zero-order valence-electron chi connectivity index (χ0n) is 9.34. The zero-order valence-corrected chi connectivity index (χ0v) is 11.0. The lowest BCUT2D eigenvalue weighted by atomic mass is 10.2. The van der Waals surface area contributed by atoms with Gasteiger partial charge < -0.3 is 0 Å². The number of carbonyl (C=O) groups is 1. The zero-order chi connectivity index (χ0) is 11.5. The Kier molecular flexibility index (Phi) is 3.66. The Morgan fingerprint density at radius 1 is 1.62 bits per heavy atom. The number of aromatic nitrogens is 2. The highest BCUT2D eigenvalue weighted by molar-refractivity contribution is 8.00. The van der Waals surface area contributed by atoms with E-state index in [1.54, 1.807) is 23.1 Å². The van der Waals surface area contributed by atoms with Gasteiger partial charge in [-0.15, -0.1) is 11.3 Å². The van der Waals surface area contributed by atoms with Crippen LogP contribution in [-0.4, -0.2) is 26.2 Å². The average molecular weight is 254 g/mol. The van der Waals surface area contributed by atoms with Gasteiger partial charge in [0.05, 0.1) is 17.9 Å². The van der Waals surface area contributed by atoms with Crippen molar-refractivity contribution in [3.05, 3.63) is 23.5 Å². The third kappa shape index (κ3) is 2.86. The van der Waals surface area contributed by atoms with Gasteiger partial charge in [-0.3, -0.25) is 9.20 Å². The molecule has 0 N–H and O–H groups in total. The summed E-state index contributed by atoms with van der Waals surface area (Å²) in [5.74, 6) is 0.840. The molecule has 86 valence electrons. The summed E-state index contributed by atoms with van der Waals surface area (Å²) >= 11 is 3.27. The van der Waals surface area contributed by atoms with Gasteiger partial charge in [-0.2, -0.15) is 11.8 Å². The monoisotopic (exact) mass is 254 g/mol. The molecule has 0 atom stereocenters. The van der Waals surface area contributed by atoms with E-state index < -0.39 is 0 Å². The maximum absolute atomic E-state index is 11.6. The number of ketones is 1. The van der Waals surface area contributed by atoms with Crippen LogP contribution in [-0.2, 0) is 11.2 Å². The Labute approximate surface area is 103 Å². The largest absolute Gasteiger partial charge is 0.298 e. The summed E-state index contributed by atoms with van der Waals surface area (Å²) in [6.07, 6.45) is 4.35. The SMILES string of the molecule is CC(C)SCC(=O)Cc1cn2ccsc2n1. The van der Waals surface area contributed by atoms with Crippen LogP contribution in [0.1, 0.15) is 19.5 Å². The molecule has 0 saturated carbocycles. The molecule has 2 aromatic heterocycles. The van der Waals surface area contributed by atoms with Gasteiger partial charge in [0, 0.05) is 17.8 Å². The molecule has 5 heteroatoms. The summed E-state index contributed by atoms with van der Waals surface area (Å²) in [5.41, 5.74) is 0.876. The number of carbonyl (C=O) groups excluding carboxylic acids is 1. The number of thioether (sulfide) groups is 1. The fraction of sp³-hybridized carbons (Fsp3) is 0.455. The average Bonchev–Trinajstić information content (AvgIpc) is 2.74. The van der Waals surface area contributed by atoms with Gasteiger partial charge >= 0.3 is 0 Å². The normalized spacial score (nSPS) is 11.4. The minimum atomic E-state index is 0.254. The summed E-state index contributed by atoms with van der Waals surface area (Å²) in [6, 6.07) is 0. The number of imidazole rings is 1. The van der Waals surface area contributed by atoms with E-state index >= 15 is 0 Å². The summed E-state index contributed by atoms with van der Waals surface area (Å²) in [5, 5.41) is 2.50. The third-order valence-electron chi connectivity index (χ3n) is 2.10. The maximum Gasteiger partial charge on any atom is 0.193 e. The van der Waals surface area contributed by atoms with Crippen LogP contribution in [0.15, 0.2) is 17.8 Å². The van der Waals surface area contributed by atoms with Crippen molar-refractivity contribution >= 4 is 33.8 Å². The molecule has 2 aromatic rings. The Morgan fingerprint density at radius 3 is 3.12 bits per heavy atom. The van der Waals surface area contributed by atoms with Crippen LogP contribution < -0.4 is 0 Å². The van der Waals surface area contributed by atoms with E-state index in [1.807, 2.05) is 22.2 Å². The molecule has 0 saturated heterocycles. The van der Waals surface area contributed by atoms with E-state index in [9.17, 15) is 4.79 Å². The first kappa shape index (κ1) is 11.7. The van der Waals surface area contributed by atoms with Crippen LogP contribution in [0.2, 0.25) is 0 Å². The molecule has 0 unspecified atom stereocenters. The van der Waals surface area contributed by atoms with Crippen LogP contribution in [0.5, 0.6) is 0 Å². The summed E-state index contributed by atoms with van der Waals surface area (Å²) in [6.45, 7) is 4.20. The first-order chi connectivity index (χ1) is 7.65. The quantitative estimate of drug-likeness (QED) is 0.822. The molecular weight excluding hydrogens is 240 g/mol. The standard InChI is InChI=1S/C11H14N2OS2/c1-8(2)16-7-10(14)5-9-6-13-3-4-15-11(13)12-9/h3-4,6,8H,5,7H2,1-2H3. The van der Waals surface area contributed by atoms with Gasteiger partial charge in [0.1, 0.15) is 5.78 Å². The van der Waals surface area contributed by atoms with Gasteiger partial charge in [0.15, 0.2) is 4.96 Å². The van der Waals surface area contributed by atoms with E-state index in [0.29, 0.717) is 17.4 Å². The molecular formula is C11H14N2OS2. The van der Waals surface area contributed by atoms with Crippen molar-refractivity contribution in [2.45, 2.75) is 25.5 Å². The molecule has 2 heterocycles. The third-order valence-corrected chi connectivity index (χ3v) is 4.03. The first-order valence-corrected chi connectivity index (χ1v) is 7.12. The fourth-order valence-electron chi connectivity index (χ4n) is 1.37. The number of hydrogen-bond acceptors (Lipinski definition) is 4. The molecule has 0 bridgehead atoms. The van der Waals surface area contributed by atoms with E-state index in [4.69, 9.17) is 0 Å². The summed E-state index contributed by atoms with van der Waals surface area (Å²) < 4.78 is 1.96. The number of nitrogens with zero attached hydrogens (tertiary/aromatic N) is 2. The summed E-state index contributed by atoms with van der Waals surface area (Å²) in [7, 11) is 0. The highest BCUT2D eigenvalue weighted by Crippen LogP contribution is 2.14. The molecule has 0 aliphatic carbocycles. The molecule has 0 aliphatic rings. The van der Waals surface area contributed by atoms with Gasteiger partial charge in [-0.05, 0) is 5.25 Å². The molecule has 16 heavy (non-hydrogen) atoms. The van der Waals surface area contributed by atoms with Gasteiger partial charge in [0.25, 0.3) is 0 Å². The van der Waals surface area contributed by atoms with Crippen LogP contribution in [0, 0.1) is 0 Å². The number of fused-ring (bicyclic) bond motifs is 1. The van der Waals surface area contributed by atoms with E-state index in [-0.39, 0.29) is 5.78 Å². The minimum Gasteiger partial charge on any atom is -0.298 e. The molecule has 3 nitrogen and oxygen atoms in total. The van der Waals surface area contributed by atoms with Gasteiger partial charge in [-0.1, -0.05) is 13.8 Å². The van der Waals surface area contributed by atoms with Gasteiger partial charge in [-0.25, -0.2) is 4.98 Å². The second-order valence-electron chi connectivity index (χ2n) is 3.90. The lowest BCUT2D eigenvalue weighted by Crippen LogP contribution is -2.07. The lowest BCUT2D eigenvalue weighted by Gasteiger charge is -2.02. The van der Waals surface area contributed by atoms with Crippen LogP contribution in [0.4, 0.5) is 0 Å². The van der Waals surface area contributed by atoms with Crippen molar-refractivity contribution in [1.82, 2.24) is 9.38 Å². The van der Waals surface area contributed by atoms with Crippen molar-refractivity contribution in [1.29, 1.82) is 0 Å². The number of rotatable bonds is 5. The van der Waals surface area contributed by atoms with Gasteiger partial charge in [0.2, 0.25) is 0 Å². The summed E-state index contributed by atoms with van der Waals surface area (Å²) in [4.78, 5) is 17.0. The molecule has 0 spiro atoms. The van der Waals surface area contributed by atoms with Crippen LogP contribution >= 0.6 is 23.1 Å². The Balaban J connectivity index is 1.94. The molecule has 0 amide bonds. The molecule has 0 radical (unpaired) electrons. The smallest absolute Gasteiger partial charge is 0.193 e. The molecule has 2 rings (SSSR count). The number of Topliss-reactive ketones (excluding diaryl/α,β-unsaturated/α-hetero) is 1. The molecule has 0 fully saturated rings. The second-order valence-corrected chi connectivity index (χ2v) is 6.34. The van der Waals surface area contributed by atoms with Crippen LogP contribution in [0.25, 0.3) is 4.96 Å². The van der Waals surface area contributed by atoms with Crippen molar-refractivity contribution in [2.24, 2.45) is 0 Å². The Bertz CT molecular complexity index is 458.